The maximum atomic E-state index is 9.00. The molecule has 1 unspecified atom stereocenters. The Hall–Kier alpha value is -0.570. The molecule has 0 radical (unpaired) electrons. The lowest BCUT2D eigenvalue weighted by molar-refractivity contribution is 0.965. The van der Waals surface area contributed by atoms with Gasteiger partial charge in [0, 0.05) is 15.7 Å². The van der Waals surface area contributed by atoms with Crippen LogP contribution in [0.15, 0.2) is 4.90 Å². The lowest BCUT2D eigenvalue weighted by atomic mass is 10.1. The molecule has 1 aliphatic heterocycles. The van der Waals surface area contributed by atoms with Gasteiger partial charge in [0.15, 0.2) is 0 Å². The average Bonchev–Trinajstić information content (AvgIpc) is 2.48. The van der Waals surface area contributed by atoms with Crippen molar-refractivity contribution in [3.05, 3.63) is 15.0 Å². The van der Waals surface area contributed by atoms with Crippen molar-refractivity contribution in [2.24, 2.45) is 0 Å². The normalized spacial score (nSPS) is 19.0. The highest BCUT2D eigenvalue weighted by Crippen LogP contribution is 2.43. The molecule has 0 amide bonds. The summed E-state index contributed by atoms with van der Waals surface area (Å²) in [5, 5.41) is 10.3. The maximum Gasteiger partial charge on any atom is 0.111 e. The third kappa shape index (κ3) is 1.44. The molecule has 72 valence electrons. The van der Waals surface area contributed by atoms with Crippen molar-refractivity contribution < 1.29 is 0 Å². The molecule has 1 aliphatic rings. The van der Waals surface area contributed by atoms with E-state index in [2.05, 4.69) is 13.0 Å². The number of fused-ring (bicyclic) bond motifs is 1. The first-order valence-electron chi connectivity index (χ1n) is 4.15. The Morgan fingerprint density at radius 2 is 2.36 bits per heavy atom. The van der Waals surface area contributed by atoms with E-state index in [0.717, 1.165) is 21.9 Å². The largest absolute Gasteiger partial charge is 0.390 e. The smallest absolute Gasteiger partial charge is 0.111 e. The molecule has 1 aromatic heterocycles. The van der Waals surface area contributed by atoms with E-state index in [4.69, 9.17) is 23.2 Å². The third-order valence-corrected chi connectivity index (χ3v) is 4.69. The van der Waals surface area contributed by atoms with Crippen LogP contribution in [-0.4, -0.2) is 5.25 Å². The van der Waals surface area contributed by atoms with Crippen molar-refractivity contribution in [3.63, 3.8) is 0 Å². The van der Waals surface area contributed by atoms with Crippen molar-refractivity contribution in [1.82, 2.24) is 0 Å². The molecule has 2 nitrogen and oxygen atoms in total. The Balaban J connectivity index is 2.74. The van der Waals surface area contributed by atoms with Gasteiger partial charge in [0.25, 0.3) is 0 Å². The number of hydrogen-bond donors (Lipinski definition) is 1. The molecule has 0 fully saturated rings. The van der Waals surface area contributed by atoms with Gasteiger partial charge >= 0.3 is 0 Å². The second kappa shape index (κ2) is 3.54. The highest BCUT2D eigenvalue weighted by molar-refractivity contribution is 8.00. The Morgan fingerprint density at radius 1 is 1.64 bits per heavy atom. The number of anilines is 1. The van der Waals surface area contributed by atoms with Crippen LogP contribution in [0.3, 0.4) is 0 Å². The Kier molecular flexibility index (Phi) is 2.52. The summed E-state index contributed by atoms with van der Waals surface area (Å²) in [5.74, 6) is 0. The topological polar surface area (TPSA) is 49.8 Å². The molecule has 0 spiro atoms. The zero-order valence-corrected chi connectivity index (χ0v) is 9.98. The van der Waals surface area contributed by atoms with E-state index in [1.807, 2.05) is 0 Å². The zero-order chi connectivity index (χ0) is 10.3. The number of nitrogens with zero attached hydrogens (tertiary/aromatic N) is 1. The standard InChI is InChI=1S/C9H8N2S3/c1-4-2-5-7(13-4)6(3-10)9(12)14-8(5)11/h4H,2,11H2,1H3. The van der Waals surface area contributed by atoms with Gasteiger partial charge in [-0.2, -0.15) is 5.26 Å². The quantitative estimate of drug-likeness (QED) is 0.708. The van der Waals surface area contributed by atoms with Crippen LogP contribution in [0.4, 0.5) is 5.00 Å². The fourth-order valence-corrected chi connectivity index (χ4v) is 4.14. The molecule has 0 saturated carbocycles. The predicted octanol–water partition coefficient (Wildman–Crippen LogP) is 2.97. The summed E-state index contributed by atoms with van der Waals surface area (Å²) >= 11 is 8.18. The molecule has 2 rings (SSSR count). The van der Waals surface area contributed by atoms with Crippen molar-refractivity contribution in [2.75, 3.05) is 5.73 Å². The molecule has 1 aromatic rings. The van der Waals surface area contributed by atoms with Crippen LogP contribution in [0.25, 0.3) is 0 Å². The molecule has 0 bridgehead atoms. The summed E-state index contributed by atoms with van der Waals surface area (Å²) in [6.07, 6.45) is 0.951. The van der Waals surface area contributed by atoms with E-state index in [1.54, 1.807) is 11.8 Å². The number of rotatable bonds is 0. The van der Waals surface area contributed by atoms with Crippen LogP contribution >= 0.6 is 35.3 Å². The molecule has 14 heavy (non-hydrogen) atoms. The van der Waals surface area contributed by atoms with E-state index in [-0.39, 0.29) is 0 Å². The number of thioether (sulfide) groups is 1. The van der Waals surface area contributed by atoms with Gasteiger partial charge in [-0.25, -0.2) is 0 Å². The Labute approximate surface area is 95.8 Å². The van der Waals surface area contributed by atoms with Crippen LogP contribution in [0.5, 0.6) is 0 Å². The van der Waals surface area contributed by atoms with E-state index >= 15 is 0 Å². The summed E-state index contributed by atoms with van der Waals surface area (Å²) in [6.45, 7) is 2.14. The van der Waals surface area contributed by atoms with Crippen LogP contribution < -0.4 is 5.73 Å². The summed E-state index contributed by atoms with van der Waals surface area (Å²) < 4.78 is 0.616. The molecule has 2 heterocycles. The first-order valence-corrected chi connectivity index (χ1v) is 6.26. The van der Waals surface area contributed by atoms with E-state index in [0.29, 0.717) is 14.6 Å². The Bertz CT molecular complexity index is 484. The minimum absolute atomic E-state index is 0.503. The minimum atomic E-state index is 0.503. The summed E-state index contributed by atoms with van der Waals surface area (Å²) in [4.78, 5) is 1.02. The van der Waals surface area contributed by atoms with Crippen LogP contribution in [0.2, 0.25) is 0 Å². The first-order chi connectivity index (χ1) is 6.63. The van der Waals surface area contributed by atoms with Gasteiger partial charge in [-0.1, -0.05) is 19.1 Å². The molecule has 5 heteroatoms. The van der Waals surface area contributed by atoms with Gasteiger partial charge < -0.3 is 5.73 Å². The lowest BCUT2D eigenvalue weighted by Crippen LogP contribution is -1.95. The minimum Gasteiger partial charge on any atom is -0.390 e. The first kappa shape index (κ1) is 9.97. The lowest BCUT2D eigenvalue weighted by Gasteiger charge is -2.02. The van der Waals surface area contributed by atoms with Gasteiger partial charge in [0.2, 0.25) is 0 Å². The summed E-state index contributed by atoms with van der Waals surface area (Å²) in [6, 6.07) is 2.17. The van der Waals surface area contributed by atoms with Gasteiger partial charge in [0.1, 0.15) is 9.89 Å². The molecule has 1 atom stereocenters. The number of nitrogen functional groups attached to an aromatic ring is 1. The number of hydrogen-bond acceptors (Lipinski definition) is 5. The van der Waals surface area contributed by atoms with Crippen LogP contribution in [0, 0.1) is 15.2 Å². The van der Waals surface area contributed by atoms with Gasteiger partial charge in [-0.15, -0.1) is 23.1 Å². The van der Waals surface area contributed by atoms with Crippen molar-refractivity contribution in [1.29, 1.82) is 5.26 Å². The second-order valence-corrected chi connectivity index (χ2v) is 6.35. The highest BCUT2D eigenvalue weighted by Gasteiger charge is 2.25. The molecule has 0 aliphatic carbocycles. The van der Waals surface area contributed by atoms with E-state index < -0.39 is 0 Å². The van der Waals surface area contributed by atoms with Crippen molar-refractivity contribution in [3.8, 4) is 6.07 Å². The molecule has 2 N–H and O–H groups in total. The fourth-order valence-electron chi connectivity index (χ4n) is 1.52. The van der Waals surface area contributed by atoms with Crippen LogP contribution in [0.1, 0.15) is 18.1 Å². The molecule has 0 saturated heterocycles. The second-order valence-electron chi connectivity index (χ2n) is 3.18. The van der Waals surface area contributed by atoms with Gasteiger partial charge in [-0.3, -0.25) is 0 Å². The van der Waals surface area contributed by atoms with Gasteiger partial charge in [0.05, 0.1) is 10.6 Å². The van der Waals surface area contributed by atoms with Gasteiger partial charge in [-0.05, 0) is 6.42 Å². The highest BCUT2D eigenvalue weighted by atomic mass is 32.2. The molecular formula is C9H8N2S3. The number of nitriles is 1. The van der Waals surface area contributed by atoms with Crippen molar-refractivity contribution >= 4 is 40.3 Å². The number of nitrogens with two attached hydrogens (primary N) is 1. The maximum absolute atomic E-state index is 9.00. The summed E-state index contributed by atoms with van der Waals surface area (Å²) in [5.41, 5.74) is 7.65. The SMILES string of the molecule is CC1Cc2c(N)sc(=S)c(C#N)c2S1. The zero-order valence-electron chi connectivity index (χ0n) is 7.53. The van der Waals surface area contributed by atoms with Crippen LogP contribution in [-0.2, 0) is 6.42 Å². The fraction of sp³-hybridized carbons (Fsp3) is 0.333. The Morgan fingerprint density at radius 3 is 3.00 bits per heavy atom. The third-order valence-electron chi connectivity index (χ3n) is 2.13. The molecular weight excluding hydrogens is 232 g/mol. The monoisotopic (exact) mass is 240 g/mol. The summed E-state index contributed by atoms with van der Waals surface area (Å²) in [7, 11) is 0. The predicted molar refractivity (Wildman–Crippen MR) is 63.3 cm³/mol. The van der Waals surface area contributed by atoms with E-state index in [1.165, 1.54) is 11.3 Å². The average molecular weight is 240 g/mol. The van der Waals surface area contributed by atoms with Crippen molar-refractivity contribution in [2.45, 2.75) is 23.5 Å². The van der Waals surface area contributed by atoms with E-state index in [9.17, 15) is 0 Å². The molecule has 0 aromatic carbocycles.